The van der Waals surface area contributed by atoms with E-state index in [2.05, 4.69) is 17.6 Å². The molecule has 120 valence electrons. The molecule has 2 atom stereocenters. The number of ether oxygens (including phenoxy) is 1. The zero-order chi connectivity index (χ0) is 15.9. The Morgan fingerprint density at radius 1 is 1.23 bits per heavy atom. The first-order chi connectivity index (χ1) is 10.6. The third kappa shape index (κ3) is 4.76. The van der Waals surface area contributed by atoms with E-state index in [4.69, 9.17) is 4.74 Å². The van der Waals surface area contributed by atoms with Gasteiger partial charge in [-0.15, -0.1) is 0 Å². The fourth-order valence-electron chi connectivity index (χ4n) is 2.81. The largest absolute Gasteiger partial charge is 0.482 e. The SMILES string of the molecule is CC(=O)Nc1ccccc1OCC(=O)N[C@@H]1CCCC[C@H]1C. The molecule has 0 heterocycles. The Bertz CT molecular complexity index is 530. The summed E-state index contributed by atoms with van der Waals surface area (Å²) in [7, 11) is 0. The lowest BCUT2D eigenvalue weighted by atomic mass is 9.86. The van der Waals surface area contributed by atoms with Crippen molar-refractivity contribution in [2.45, 2.75) is 45.6 Å². The van der Waals surface area contributed by atoms with Crippen molar-refractivity contribution in [3.05, 3.63) is 24.3 Å². The highest BCUT2D eigenvalue weighted by Crippen LogP contribution is 2.25. The van der Waals surface area contributed by atoms with Gasteiger partial charge < -0.3 is 15.4 Å². The van der Waals surface area contributed by atoms with Crippen LogP contribution in [0.5, 0.6) is 5.75 Å². The van der Waals surface area contributed by atoms with E-state index < -0.39 is 0 Å². The predicted octanol–water partition coefficient (Wildman–Crippen LogP) is 2.72. The zero-order valence-electron chi connectivity index (χ0n) is 13.2. The molecule has 0 spiro atoms. The molecule has 1 aliphatic carbocycles. The lowest BCUT2D eigenvalue weighted by Crippen LogP contribution is -2.43. The van der Waals surface area contributed by atoms with E-state index in [1.54, 1.807) is 12.1 Å². The summed E-state index contributed by atoms with van der Waals surface area (Å²) in [4.78, 5) is 23.2. The number of para-hydroxylation sites is 2. The highest BCUT2D eigenvalue weighted by Gasteiger charge is 2.22. The van der Waals surface area contributed by atoms with Crippen LogP contribution < -0.4 is 15.4 Å². The van der Waals surface area contributed by atoms with Crippen molar-refractivity contribution in [1.29, 1.82) is 0 Å². The molecule has 1 aliphatic rings. The van der Waals surface area contributed by atoms with Crippen molar-refractivity contribution >= 4 is 17.5 Å². The molecule has 5 heteroatoms. The van der Waals surface area contributed by atoms with Gasteiger partial charge in [0.05, 0.1) is 5.69 Å². The van der Waals surface area contributed by atoms with E-state index in [0.717, 1.165) is 12.8 Å². The topological polar surface area (TPSA) is 67.4 Å². The van der Waals surface area contributed by atoms with Gasteiger partial charge >= 0.3 is 0 Å². The first-order valence-corrected chi connectivity index (χ1v) is 7.85. The molecule has 0 bridgehead atoms. The predicted molar refractivity (Wildman–Crippen MR) is 85.8 cm³/mol. The number of rotatable bonds is 5. The molecule has 0 aromatic heterocycles. The minimum Gasteiger partial charge on any atom is -0.482 e. The van der Waals surface area contributed by atoms with Crippen molar-refractivity contribution < 1.29 is 14.3 Å². The van der Waals surface area contributed by atoms with E-state index in [0.29, 0.717) is 17.4 Å². The Morgan fingerprint density at radius 3 is 2.68 bits per heavy atom. The summed E-state index contributed by atoms with van der Waals surface area (Å²) in [5, 5.41) is 5.74. The van der Waals surface area contributed by atoms with Gasteiger partial charge in [-0.2, -0.15) is 0 Å². The van der Waals surface area contributed by atoms with E-state index in [-0.39, 0.29) is 24.5 Å². The Balaban J connectivity index is 1.87. The molecule has 0 radical (unpaired) electrons. The Labute approximate surface area is 131 Å². The number of carbonyl (C=O) groups excluding carboxylic acids is 2. The molecule has 0 aliphatic heterocycles. The average Bonchev–Trinajstić information content (AvgIpc) is 2.48. The number of hydrogen-bond donors (Lipinski definition) is 2. The number of anilines is 1. The van der Waals surface area contributed by atoms with Crippen LogP contribution in [0, 0.1) is 5.92 Å². The van der Waals surface area contributed by atoms with Crippen LogP contribution >= 0.6 is 0 Å². The normalized spacial score (nSPS) is 21.0. The smallest absolute Gasteiger partial charge is 0.258 e. The molecule has 2 N–H and O–H groups in total. The maximum absolute atomic E-state index is 12.0. The number of hydrogen-bond acceptors (Lipinski definition) is 3. The van der Waals surface area contributed by atoms with Gasteiger partial charge in [-0.05, 0) is 30.9 Å². The van der Waals surface area contributed by atoms with Crippen LogP contribution in [-0.4, -0.2) is 24.5 Å². The molecule has 0 unspecified atom stereocenters. The van der Waals surface area contributed by atoms with Gasteiger partial charge in [0.1, 0.15) is 5.75 Å². The van der Waals surface area contributed by atoms with Gasteiger partial charge in [-0.3, -0.25) is 9.59 Å². The van der Waals surface area contributed by atoms with Crippen molar-refractivity contribution in [2.75, 3.05) is 11.9 Å². The molecule has 1 aromatic rings. The molecular weight excluding hydrogens is 280 g/mol. The van der Waals surface area contributed by atoms with Gasteiger partial charge in [-0.1, -0.05) is 31.9 Å². The Kier molecular flexibility index (Phi) is 5.81. The summed E-state index contributed by atoms with van der Waals surface area (Å²) in [6.07, 6.45) is 4.61. The molecule has 1 fully saturated rings. The lowest BCUT2D eigenvalue weighted by molar-refractivity contribution is -0.124. The second-order valence-electron chi connectivity index (χ2n) is 5.90. The van der Waals surface area contributed by atoms with Crippen LogP contribution in [0.3, 0.4) is 0 Å². The third-order valence-electron chi connectivity index (χ3n) is 4.01. The van der Waals surface area contributed by atoms with Crippen molar-refractivity contribution in [1.82, 2.24) is 5.32 Å². The second-order valence-corrected chi connectivity index (χ2v) is 5.90. The van der Waals surface area contributed by atoms with Crippen LogP contribution in [-0.2, 0) is 9.59 Å². The first kappa shape index (κ1) is 16.3. The highest BCUT2D eigenvalue weighted by molar-refractivity contribution is 5.90. The minimum absolute atomic E-state index is 0.0418. The molecule has 0 saturated heterocycles. The van der Waals surface area contributed by atoms with E-state index in [9.17, 15) is 9.59 Å². The van der Waals surface area contributed by atoms with Gasteiger partial charge in [-0.25, -0.2) is 0 Å². The Hall–Kier alpha value is -2.04. The Morgan fingerprint density at radius 2 is 1.95 bits per heavy atom. The minimum atomic E-state index is -0.170. The summed E-state index contributed by atoms with van der Waals surface area (Å²) >= 11 is 0. The van der Waals surface area contributed by atoms with E-state index >= 15 is 0 Å². The summed E-state index contributed by atoms with van der Waals surface area (Å²) in [5.41, 5.74) is 0.578. The van der Waals surface area contributed by atoms with Crippen molar-refractivity contribution in [3.8, 4) is 5.75 Å². The summed E-state index contributed by atoms with van der Waals surface area (Å²) in [6, 6.07) is 7.35. The number of amides is 2. The zero-order valence-corrected chi connectivity index (χ0v) is 13.2. The van der Waals surface area contributed by atoms with Crippen LogP contribution in [0.15, 0.2) is 24.3 Å². The van der Waals surface area contributed by atoms with Crippen LogP contribution in [0.4, 0.5) is 5.69 Å². The summed E-state index contributed by atoms with van der Waals surface area (Å²) < 4.78 is 5.55. The van der Waals surface area contributed by atoms with E-state index in [1.165, 1.54) is 19.8 Å². The lowest BCUT2D eigenvalue weighted by Gasteiger charge is -2.29. The maximum Gasteiger partial charge on any atom is 0.258 e. The number of benzene rings is 1. The maximum atomic E-state index is 12.0. The van der Waals surface area contributed by atoms with Gasteiger partial charge in [0.15, 0.2) is 6.61 Å². The van der Waals surface area contributed by atoms with Gasteiger partial charge in [0.2, 0.25) is 5.91 Å². The monoisotopic (exact) mass is 304 g/mol. The standard InChI is InChI=1S/C17H24N2O3/c1-12-7-3-4-8-14(12)19-17(21)11-22-16-10-6-5-9-15(16)18-13(2)20/h5-6,9-10,12,14H,3-4,7-8,11H2,1-2H3,(H,18,20)(H,19,21)/t12-,14-/m1/s1. The molecule has 1 saturated carbocycles. The fraction of sp³-hybridized carbons (Fsp3) is 0.529. The highest BCUT2D eigenvalue weighted by atomic mass is 16.5. The second kappa shape index (κ2) is 7.82. The van der Waals surface area contributed by atoms with Crippen molar-refractivity contribution in [2.24, 2.45) is 5.92 Å². The van der Waals surface area contributed by atoms with Crippen LogP contribution in [0.25, 0.3) is 0 Å². The first-order valence-electron chi connectivity index (χ1n) is 7.85. The summed E-state index contributed by atoms with van der Waals surface area (Å²) in [5.74, 6) is 0.738. The third-order valence-corrected chi connectivity index (χ3v) is 4.01. The molecule has 1 aromatic carbocycles. The van der Waals surface area contributed by atoms with E-state index in [1.807, 2.05) is 12.1 Å². The molecular formula is C17H24N2O3. The van der Waals surface area contributed by atoms with Crippen LogP contribution in [0.2, 0.25) is 0 Å². The number of nitrogens with one attached hydrogen (secondary N) is 2. The van der Waals surface area contributed by atoms with Crippen molar-refractivity contribution in [3.63, 3.8) is 0 Å². The van der Waals surface area contributed by atoms with Gasteiger partial charge in [0.25, 0.3) is 5.91 Å². The molecule has 2 rings (SSSR count). The number of carbonyl (C=O) groups is 2. The molecule has 22 heavy (non-hydrogen) atoms. The summed E-state index contributed by atoms with van der Waals surface area (Å²) in [6.45, 7) is 3.57. The fourth-order valence-corrected chi connectivity index (χ4v) is 2.81. The molecule has 2 amide bonds. The quantitative estimate of drug-likeness (QED) is 0.879. The average molecular weight is 304 g/mol. The molecule has 5 nitrogen and oxygen atoms in total. The van der Waals surface area contributed by atoms with Gasteiger partial charge in [0, 0.05) is 13.0 Å². The van der Waals surface area contributed by atoms with Crippen LogP contribution in [0.1, 0.15) is 39.5 Å².